The number of carboxylic acids is 1. The largest absolute Gasteiger partial charge is 0.480 e. The molecule has 1 aromatic rings. The summed E-state index contributed by atoms with van der Waals surface area (Å²) in [6.45, 7) is 1.22. The van der Waals surface area contributed by atoms with Gasteiger partial charge in [0, 0.05) is 0 Å². The molecule has 0 aliphatic rings. The number of sulfonamides is 1. The Kier molecular flexibility index (Phi) is 3.64. The van der Waals surface area contributed by atoms with E-state index in [2.05, 4.69) is 0 Å². The number of thiophene rings is 1. The van der Waals surface area contributed by atoms with Gasteiger partial charge in [0.15, 0.2) is 0 Å². The normalized spacial score (nSPS) is 13.0. The van der Waals surface area contributed by atoms with Gasteiger partial charge in [-0.05, 0) is 19.1 Å². The summed E-state index contributed by atoms with van der Waals surface area (Å²) >= 11 is 0.789. The molecular formula is C8H8N2O4S2. The molecule has 6 nitrogen and oxygen atoms in total. The minimum atomic E-state index is -3.86. The Morgan fingerprint density at radius 2 is 2.25 bits per heavy atom. The van der Waals surface area contributed by atoms with Crippen LogP contribution in [0.25, 0.3) is 0 Å². The van der Waals surface area contributed by atoms with Crippen LogP contribution in [0.1, 0.15) is 11.8 Å². The van der Waals surface area contributed by atoms with Crippen LogP contribution in [0, 0.1) is 11.3 Å². The lowest BCUT2D eigenvalue weighted by Gasteiger charge is -2.07. The van der Waals surface area contributed by atoms with Gasteiger partial charge in [0.25, 0.3) is 10.0 Å². The van der Waals surface area contributed by atoms with Crippen molar-refractivity contribution in [3.63, 3.8) is 0 Å². The molecule has 0 saturated carbocycles. The zero-order valence-corrected chi connectivity index (χ0v) is 9.80. The van der Waals surface area contributed by atoms with E-state index in [1.165, 1.54) is 19.1 Å². The maximum absolute atomic E-state index is 11.6. The predicted molar refractivity (Wildman–Crippen MR) is 56.5 cm³/mol. The third kappa shape index (κ3) is 2.79. The molecule has 2 N–H and O–H groups in total. The van der Waals surface area contributed by atoms with Gasteiger partial charge >= 0.3 is 5.97 Å². The molecule has 0 fully saturated rings. The van der Waals surface area contributed by atoms with E-state index >= 15 is 0 Å². The number of hydrogen-bond acceptors (Lipinski definition) is 5. The van der Waals surface area contributed by atoms with Gasteiger partial charge in [-0.25, -0.2) is 8.42 Å². The Hall–Kier alpha value is -1.43. The lowest BCUT2D eigenvalue weighted by atomic mass is 10.4. The predicted octanol–water partition coefficient (Wildman–Crippen LogP) is 0.371. The lowest BCUT2D eigenvalue weighted by Crippen LogP contribution is -2.37. The third-order valence-corrected chi connectivity index (χ3v) is 4.68. The van der Waals surface area contributed by atoms with Gasteiger partial charge in [0.05, 0.1) is 0 Å². The van der Waals surface area contributed by atoms with E-state index in [4.69, 9.17) is 10.4 Å². The molecule has 1 heterocycles. The summed E-state index contributed by atoms with van der Waals surface area (Å²) in [5.41, 5.74) is 0. The van der Waals surface area contributed by atoms with E-state index in [0.717, 1.165) is 11.3 Å². The van der Waals surface area contributed by atoms with E-state index in [0.29, 0.717) is 0 Å². The Morgan fingerprint density at radius 1 is 1.62 bits per heavy atom. The molecule has 8 heteroatoms. The number of nitrogens with zero attached hydrogens (tertiary/aromatic N) is 1. The van der Waals surface area contributed by atoms with Gasteiger partial charge in [-0.3, -0.25) is 4.79 Å². The molecular weight excluding hydrogens is 252 g/mol. The van der Waals surface area contributed by atoms with Crippen LogP contribution in [-0.4, -0.2) is 25.5 Å². The summed E-state index contributed by atoms with van der Waals surface area (Å²) < 4.78 is 25.1. The first-order valence-electron chi connectivity index (χ1n) is 4.12. The monoisotopic (exact) mass is 260 g/mol. The van der Waals surface area contributed by atoms with Gasteiger partial charge in [-0.15, -0.1) is 11.3 Å². The highest BCUT2D eigenvalue weighted by atomic mass is 32.2. The third-order valence-electron chi connectivity index (χ3n) is 1.66. The topological polar surface area (TPSA) is 107 Å². The molecule has 1 atom stereocenters. The van der Waals surface area contributed by atoms with E-state index in [1.807, 2.05) is 4.72 Å². The SMILES string of the molecule is C[C@@H](NS(=O)(=O)c1ccc(C#N)s1)C(=O)O. The highest BCUT2D eigenvalue weighted by Gasteiger charge is 2.22. The quantitative estimate of drug-likeness (QED) is 0.813. The van der Waals surface area contributed by atoms with Crippen molar-refractivity contribution in [2.24, 2.45) is 0 Å². The summed E-state index contributed by atoms with van der Waals surface area (Å²) in [4.78, 5) is 10.7. The number of nitrogens with one attached hydrogen (secondary N) is 1. The van der Waals surface area contributed by atoms with Crippen LogP contribution >= 0.6 is 11.3 Å². The van der Waals surface area contributed by atoms with Crippen molar-refractivity contribution in [1.82, 2.24) is 4.72 Å². The van der Waals surface area contributed by atoms with E-state index in [1.54, 1.807) is 6.07 Å². The summed E-state index contributed by atoms with van der Waals surface area (Å²) in [6, 6.07) is 3.22. The first-order chi connectivity index (χ1) is 7.36. The molecule has 0 radical (unpaired) electrons. The second-order valence-electron chi connectivity index (χ2n) is 2.91. The summed E-state index contributed by atoms with van der Waals surface area (Å²) in [7, 11) is -3.86. The molecule has 0 aliphatic carbocycles. The highest BCUT2D eigenvalue weighted by molar-refractivity contribution is 7.91. The number of aliphatic carboxylic acids is 1. The van der Waals surface area contributed by atoms with Crippen LogP contribution in [0.4, 0.5) is 0 Å². The zero-order valence-electron chi connectivity index (χ0n) is 8.17. The summed E-state index contributed by atoms with van der Waals surface area (Å²) in [5, 5.41) is 17.1. The molecule has 0 saturated heterocycles. The first-order valence-corrected chi connectivity index (χ1v) is 6.42. The number of nitriles is 1. The van der Waals surface area contributed by atoms with Crippen LogP contribution in [0.5, 0.6) is 0 Å². The minimum Gasteiger partial charge on any atom is -0.480 e. The molecule has 0 amide bonds. The second-order valence-corrected chi connectivity index (χ2v) is 5.94. The maximum Gasteiger partial charge on any atom is 0.321 e. The molecule has 0 aliphatic heterocycles. The van der Waals surface area contributed by atoms with E-state index in [9.17, 15) is 13.2 Å². The fourth-order valence-electron chi connectivity index (χ4n) is 0.866. The zero-order chi connectivity index (χ0) is 12.3. The molecule has 0 unspecified atom stereocenters. The minimum absolute atomic E-state index is 0.0721. The first kappa shape index (κ1) is 12.6. The van der Waals surface area contributed by atoms with Crippen molar-refractivity contribution in [3.8, 4) is 6.07 Å². The smallest absolute Gasteiger partial charge is 0.321 e. The fraction of sp³-hybridized carbons (Fsp3) is 0.250. The molecule has 0 bridgehead atoms. The van der Waals surface area contributed by atoms with Crippen molar-refractivity contribution < 1.29 is 18.3 Å². The van der Waals surface area contributed by atoms with E-state index in [-0.39, 0.29) is 9.09 Å². The number of rotatable bonds is 4. The van der Waals surface area contributed by atoms with Gasteiger partial charge in [-0.1, -0.05) is 0 Å². The van der Waals surface area contributed by atoms with Crippen molar-refractivity contribution in [3.05, 3.63) is 17.0 Å². The van der Waals surface area contributed by atoms with Crippen LogP contribution < -0.4 is 4.72 Å². The molecule has 1 aromatic heterocycles. The second kappa shape index (κ2) is 4.61. The van der Waals surface area contributed by atoms with Crippen LogP contribution in [0.15, 0.2) is 16.3 Å². The van der Waals surface area contributed by atoms with E-state index < -0.39 is 22.0 Å². The van der Waals surface area contributed by atoms with Crippen molar-refractivity contribution in [2.75, 3.05) is 0 Å². The Morgan fingerprint density at radius 3 is 2.69 bits per heavy atom. The number of hydrogen-bond donors (Lipinski definition) is 2. The standard InChI is InChI=1S/C8H8N2O4S2/c1-5(8(11)12)10-16(13,14)7-3-2-6(4-9)15-7/h2-3,5,10H,1H3,(H,11,12)/t5-/m1/s1. The average molecular weight is 260 g/mol. The Balaban J connectivity index is 2.95. The van der Waals surface area contributed by atoms with Gasteiger partial charge in [0.1, 0.15) is 21.2 Å². The van der Waals surface area contributed by atoms with Crippen molar-refractivity contribution >= 4 is 27.3 Å². The van der Waals surface area contributed by atoms with Crippen LogP contribution in [0.2, 0.25) is 0 Å². The van der Waals surface area contributed by atoms with Gasteiger partial charge in [0.2, 0.25) is 0 Å². The Labute approximate surface area is 96.2 Å². The molecule has 1 rings (SSSR count). The summed E-state index contributed by atoms with van der Waals surface area (Å²) in [5.74, 6) is -1.26. The van der Waals surface area contributed by atoms with Gasteiger partial charge < -0.3 is 5.11 Å². The molecule has 16 heavy (non-hydrogen) atoms. The van der Waals surface area contributed by atoms with Crippen molar-refractivity contribution in [1.29, 1.82) is 5.26 Å². The molecule has 86 valence electrons. The van der Waals surface area contributed by atoms with Crippen LogP contribution in [0.3, 0.4) is 0 Å². The maximum atomic E-state index is 11.6. The number of carbonyl (C=O) groups is 1. The van der Waals surface area contributed by atoms with Gasteiger partial charge in [-0.2, -0.15) is 9.98 Å². The highest BCUT2D eigenvalue weighted by Crippen LogP contribution is 2.20. The number of carboxylic acid groups (broad SMARTS) is 1. The lowest BCUT2D eigenvalue weighted by molar-refractivity contribution is -0.138. The molecule has 0 aromatic carbocycles. The van der Waals surface area contributed by atoms with Crippen molar-refractivity contribution in [2.45, 2.75) is 17.2 Å². The fourth-order valence-corrected chi connectivity index (χ4v) is 3.18. The summed E-state index contributed by atoms with van der Waals surface area (Å²) in [6.07, 6.45) is 0. The average Bonchev–Trinajstić information content (AvgIpc) is 2.65. The molecule has 0 spiro atoms. The Bertz CT molecular complexity index is 541. The van der Waals surface area contributed by atoms with Crippen LogP contribution in [-0.2, 0) is 14.8 Å².